The highest BCUT2D eigenvalue weighted by molar-refractivity contribution is 5.82. The minimum atomic E-state index is -1.05. The van der Waals surface area contributed by atoms with Gasteiger partial charge in [0.25, 0.3) is 0 Å². The molecule has 0 heterocycles. The molecule has 0 spiro atoms. The molecule has 0 aliphatic heterocycles. The van der Waals surface area contributed by atoms with Gasteiger partial charge in [0, 0.05) is 13.3 Å². The quantitative estimate of drug-likeness (QED) is 0.756. The van der Waals surface area contributed by atoms with Gasteiger partial charge in [0.1, 0.15) is 6.04 Å². The van der Waals surface area contributed by atoms with E-state index < -0.39 is 12.0 Å². The number of rotatable bonds is 7. The Morgan fingerprint density at radius 1 is 1.22 bits per heavy atom. The van der Waals surface area contributed by atoms with Crippen LogP contribution in [0.15, 0.2) is 55.7 Å². The standard InChI is InChI=1S/C17H19NO3.C2H6/c1-4-6-14(5-2)15-9-7-13(8-10-15)11-16(17(20)21)18-12(3)19;1-2/h4-10,16H,1-2,11H2,3H3,(H,18,19)(H,20,21);1-2H3/b14-6+;/t16-;/m0./s1. The van der Waals surface area contributed by atoms with Gasteiger partial charge in [0.2, 0.25) is 5.91 Å². The highest BCUT2D eigenvalue weighted by Crippen LogP contribution is 2.17. The van der Waals surface area contributed by atoms with Crippen LogP contribution in [-0.4, -0.2) is 23.0 Å². The van der Waals surface area contributed by atoms with Crippen LogP contribution in [0.5, 0.6) is 0 Å². The number of benzene rings is 1. The van der Waals surface area contributed by atoms with Gasteiger partial charge in [0.15, 0.2) is 0 Å². The van der Waals surface area contributed by atoms with Gasteiger partial charge in [-0.1, -0.05) is 69.5 Å². The summed E-state index contributed by atoms with van der Waals surface area (Å²) < 4.78 is 0. The molecule has 2 N–H and O–H groups in total. The number of carbonyl (C=O) groups excluding carboxylic acids is 1. The first-order valence-electron chi connectivity index (χ1n) is 7.52. The van der Waals surface area contributed by atoms with E-state index in [0.717, 1.165) is 16.7 Å². The van der Waals surface area contributed by atoms with Gasteiger partial charge < -0.3 is 10.4 Å². The van der Waals surface area contributed by atoms with Crippen LogP contribution in [0.4, 0.5) is 0 Å². The van der Waals surface area contributed by atoms with Crippen LogP contribution < -0.4 is 5.32 Å². The third-order valence-electron chi connectivity index (χ3n) is 2.92. The predicted octanol–water partition coefficient (Wildman–Crippen LogP) is 3.60. The van der Waals surface area contributed by atoms with Crippen molar-refractivity contribution in [1.82, 2.24) is 5.32 Å². The molecule has 4 heteroatoms. The molecule has 0 radical (unpaired) electrons. The Balaban J connectivity index is 0.00000232. The van der Waals surface area contributed by atoms with E-state index in [1.165, 1.54) is 6.92 Å². The van der Waals surface area contributed by atoms with Crippen LogP contribution in [0.1, 0.15) is 31.9 Å². The molecule has 1 rings (SSSR count). The Bertz CT molecular complexity index is 571. The molecule has 1 aromatic carbocycles. The lowest BCUT2D eigenvalue weighted by Gasteiger charge is -2.13. The molecule has 0 aromatic heterocycles. The maximum absolute atomic E-state index is 11.1. The van der Waals surface area contributed by atoms with Crippen molar-refractivity contribution in [3.8, 4) is 0 Å². The SMILES string of the molecule is C=C/C=C(\C=C)c1ccc(C[C@H](NC(C)=O)C(=O)O)cc1.CC. The molecule has 0 unspecified atom stereocenters. The van der Waals surface area contributed by atoms with Gasteiger partial charge in [-0.2, -0.15) is 0 Å². The number of carbonyl (C=O) groups is 2. The van der Waals surface area contributed by atoms with E-state index in [1.54, 1.807) is 12.2 Å². The Kier molecular flexibility index (Phi) is 9.76. The number of hydrogen-bond donors (Lipinski definition) is 2. The van der Waals surface area contributed by atoms with Crippen molar-refractivity contribution in [2.75, 3.05) is 0 Å². The fraction of sp³-hybridized carbons (Fsp3) is 0.263. The highest BCUT2D eigenvalue weighted by atomic mass is 16.4. The van der Waals surface area contributed by atoms with Gasteiger partial charge in [-0.25, -0.2) is 4.79 Å². The zero-order valence-electron chi connectivity index (χ0n) is 14.0. The first-order valence-corrected chi connectivity index (χ1v) is 7.52. The molecule has 0 bridgehead atoms. The summed E-state index contributed by atoms with van der Waals surface area (Å²) >= 11 is 0. The number of hydrogen-bond acceptors (Lipinski definition) is 2. The molecule has 0 aliphatic carbocycles. The van der Waals surface area contributed by atoms with Crippen molar-refractivity contribution in [3.63, 3.8) is 0 Å². The lowest BCUT2D eigenvalue weighted by Crippen LogP contribution is -2.41. The zero-order chi connectivity index (χ0) is 17.8. The second-order valence-corrected chi connectivity index (χ2v) is 4.55. The first kappa shape index (κ1) is 20.4. The van der Waals surface area contributed by atoms with Crippen molar-refractivity contribution >= 4 is 17.4 Å². The molecule has 0 fully saturated rings. The number of carboxylic acid groups (broad SMARTS) is 1. The monoisotopic (exact) mass is 315 g/mol. The normalized spacial score (nSPS) is 11.5. The molecule has 0 aliphatic rings. The fourth-order valence-corrected chi connectivity index (χ4v) is 1.92. The molecular weight excluding hydrogens is 290 g/mol. The summed E-state index contributed by atoms with van der Waals surface area (Å²) in [6.45, 7) is 12.7. The summed E-state index contributed by atoms with van der Waals surface area (Å²) in [7, 11) is 0. The van der Waals surface area contributed by atoms with Crippen molar-refractivity contribution in [1.29, 1.82) is 0 Å². The van der Waals surface area contributed by atoms with Gasteiger partial charge in [0.05, 0.1) is 0 Å². The molecule has 4 nitrogen and oxygen atoms in total. The molecule has 0 saturated carbocycles. The van der Waals surface area contributed by atoms with Crippen LogP contribution in [0.2, 0.25) is 0 Å². The van der Waals surface area contributed by atoms with E-state index in [-0.39, 0.29) is 12.3 Å². The van der Waals surface area contributed by atoms with E-state index in [2.05, 4.69) is 18.5 Å². The third-order valence-corrected chi connectivity index (χ3v) is 2.92. The Morgan fingerprint density at radius 3 is 2.17 bits per heavy atom. The highest BCUT2D eigenvalue weighted by Gasteiger charge is 2.18. The smallest absolute Gasteiger partial charge is 0.326 e. The average Bonchev–Trinajstić information content (AvgIpc) is 2.54. The van der Waals surface area contributed by atoms with Gasteiger partial charge in [-0.05, 0) is 16.7 Å². The molecule has 1 aromatic rings. The predicted molar refractivity (Wildman–Crippen MR) is 95.1 cm³/mol. The van der Waals surface area contributed by atoms with Crippen molar-refractivity contribution < 1.29 is 14.7 Å². The number of carboxylic acids is 1. The van der Waals surface area contributed by atoms with Gasteiger partial charge >= 0.3 is 5.97 Å². The minimum absolute atomic E-state index is 0.240. The molecular formula is C19H25NO3. The summed E-state index contributed by atoms with van der Waals surface area (Å²) in [5.74, 6) is -1.41. The lowest BCUT2D eigenvalue weighted by atomic mass is 10.0. The number of aliphatic carboxylic acids is 1. The summed E-state index contributed by atoms with van der Waals surface area (Å²) in [6.07, 6.45) is 5.50. The van der Waals surface area contributed by atoms with E-state index in [0.29, 0.717) is 0 Å². The lowest BCUT2D eigenvalue weighted by molar-refractivity contribution is -0.141. The summed E-state index contributed by atoms with van der Waals surface area (Å²) in [5, 5.41) is 11.5. The van der Waals surface area contributed by atoms with Gasteiger partial charge in [-0.3, -0.25) is 4.79 Å². The van der Waals surface area contributed by atoms with E-state index in [9.17, 15) is 9.59 Å². The number of amides is 1. The zero-order valence-corrected chi connectivity index (χ0v) is 14.0. The number of allylic oxidation sites excluding steroid dienone is 4. The van der Waals surface area contributed by atoms with E-state index in [4.69, 9.17) is 5.11 Å². The largest absolute Gasteiger partial charge is 0.480 e. The Morgan fingerprint density at radius 2 is 1.78 bits per heavy atom. The van der Waals surface area contributed by atoms with Crippen LogP contribution in [0.25, 0.3) is 5.57 Å². The summed E-state index contributed by atoms with van der Waals surface area (Å²) in [6, 6.07) is 6.54. The second-order valence-electron chi connectivity index (χ2n) is 4.55. The van der Waals surface area contributed by atoms with Crippen LogP contribution in [0, 0.1) is 0 Å². The van der Waals surface area contributed by atoms with Crippen LogP contribution in [0.3, 0.4) is 0 Å². The topological polar surface area (TPSA) is 66.4 Å². The van der Waals surface area contributed by atoms with Crippen molar-refractivity contribution in [2.45, 2.75) is 33.2 Å². The molecule has 1 amide bonds. The fourth-order valence-electron chi connectivity index (χ4n) is 1.92. The Labute approximate surface area is 138 Å². The third kappa shape index (κ3) is 7.27. The molecule has 23 heavy (non-hydrogen) atoms. The Hall–Kier alpha value is -2.62. The van der Waals surface area contributed by atoms with Crippen molar-refractivity contribution in [3.05, 3.63) is 66.8 Å². The molecule has 124 valence electrons. The first-order chi connectivity index (χ1) is 11.0. The average molecular weight is 315 g/mol. The van der Waals surface area contributed by atoms with Crippen LogP contribution >= 0.6 is 0 Å². The van der Waals surface area contributed by atoms with E-state index in [1.807, 2.05) is 44.2 Å². The maximum atomic E-state index is 11.1. The van der Waals surface area contributed by atoms with E-state index >= 15 is 0 Å². The number of nitrogens with one attached hydrogen (secondary N) is 1. The maximum Gasteiger partial charge on any atom is 0.326 e. The molecule has 1 atom stereocenters. The minimum Gasteiger partial charge on any atom is -0.480 e. The van der Waals surface area contributed by atoms with Gasteiger partial charge in [-0.15, -0.1) is 0 Å². The summed E-state index contributed by atoms with van der Waals surface area (Å²) in [4.78, 5) is 22.1. The molecule has 0 saturated heterocycles. The summed E-state index contributed by atoms with van der Waals surface area (Å²) in [5.41, 5.74) is 2.75. The second kappa shape index (κ2) is 11.0. The van der Waals surface area contributed by atoms with Crippen LogP contribution in [-0.2, 0) is 16.0 Å². The van der Waals surface area contributed by atoms with Crippen molar-refractivity contribution in [2.24, 2.45) is 0 Å².